The Hall–Kier alpha value is -1.61. The van der Waals surface area contributed by atoms with E-state index in [9.17, 15) is 0 Å². The minimum atomic E-state index is 0.400. The number of hydrogen-bond acceptors (Lipinski definition) is 2. The highest BCUT2D eigenvalue weighted by Crippen LogP contribution is 2.17. The molecule has 0 fully saturated rings. The first-order chi connectivity index (χ1) is 7.16. The summed E-state index contributed by atoms with van der Waals surface area (Å²) in [5.74, 6) is 0. The molecule has 1 N–H and O–H groups in total. The van der Waals surface area contributed by atoms with Crippen molar-refractivity contribution < 1.29 is 0 Å². The lowest BCUT2D eigenvalue weighted by Gasteiger charge is -2.06. The van der Waals surface area contributed by atoms with Crippen LogP contribution in [0.4, 0.5) is 0 Å². The molecule has 0 saturated carbocycles. The Kier molecular flexibility index (Phi) is 2.56. The van der Waals surface area contributed by atoms with Gasteiger partial charge in [0.05, 0.1) is 17.2 Å². The summed E-state index contributed by atoms with van der Waals surface area (Å²) in [5, 5.41) is 12.6. The Labute approximate surface area is 92.5 Å². The second kappa shape index (κ2) is 3.87. The van der Waals surface area contributed by atoms with Crippen molar-refractivity contribution in [2.45, 2.75) is 6.92 Å². The number of rotatable bonds is 1. The summed E-state index contributed by atoms with van der Waals surface area (Å²) in [6, 6.07) is 7.39. The Morgan fingerprint density at radius 2 is 2.13 bits per heavy atom. The summed E-state index contributed by atoms with van der Waals surface area (Å²) >= 11 is 5.93. The molecule has 0 bridgehead atoms. The van der Waals surface area contributed by atoms with E-state index in [1.54, 1.807) is 16.9 Å². The first-order valence-corrected chi connectivity index (χ1v) is 4.91. The molecule has 2 aromatic rings. The quantitative estimate of drug-likeness (QED) is 0.786. The average Bonchev–Trinajstić information content (AvgIpc) is 2.23. The summed E-state index contributed by atoms with van der Waals surface area (Å²) in [6.45, 7) is 1.95. The van der Waals surface area contributed by atoms with Crippen LogP contribution in [0, 0.1) is 12.3 Å². The van der Waals surface area contributed by atoms with Gasteiger partial charge in [0, 0.05) is 11.2 Å². The molecule has 4 heteroatoms. The molecule has 0 spiro atoms. The van der Waals surface area contributed by atoms with Gasteiger partial charge in [-0.3, -0.25) is 5.41 Å². The third kappa shape index (κ3) is 2.07. The predicted octanol–water partition coefficient (Wildman–Crippen LogP) is 2.31. The summed E-state index contributed by atoms with van der Waals surface area (Å²) in [6.07, 6.45) is 3.26. The number of benzene rings is 1. The van der Waals surface area contributed by atoms with Crippen molar-refractivity contribution in [1.29, 1.82) is 5.41 Å². The number of aromatic nitrogens is 2. The van der Waals surface area contributed by atoms with E-state index in [1.807, 2.05) is 25.1 Å². The lowest BCUT2D eigenvalue weighted by molar-refractivity contribution is 0.828. The van der Waals surface area contributed by atoms with Crippen LogP contribution in [0.1, 0.15) is 5.56 Å². The highest BCUT2D eigenvalue weighted by Gasteiger charge is 1.98. The SMILES string of the molecule is Cc1cc(-n2ccc(=N)cn2)ccc1Cl. The van der Waals surface area contributed by atoms with Crippen LogP contribution in [0.2, 0.25) is 5.02 Å². The number of nitrogens with one attached hydrogen (secondary N) is 1. The van der Waals surface area contributed by atoms with Crippen molar-refractivity contribution in [3.8, 4) is 5.69 Å². The molecule has 0 aliphatic rings. The van der Waals surface area contributed by atoms with Gasteiger partial charge in [0.2, 0.25) is 0 Å². The van der Waals surface area contributed by atoms with E-state index in [2.05, 4.69) is 5.10 Å². The van der Waals surface area contributed by atoms with Gasteiger partial charge in [-0.05, 0) is 36.8 Å². The minimum absolute atomic E-state index is 0.400. The van der Waals surface area contributed by atoms with Crippen LogP contribution in [0.5, 0.6) is 0 Å². The third-order valence-corrected chi connectivity index (χ3v) is 2.55. The highest BCUT2D eigenvalue weighted by atomic mass is 35.5. The van der Waals surface area contributed by atoms with Gasteiger partial charge < -0.3 is 0 Å². The molecule has 0 saturated heterocycles. The zero-order chi connectivity index (χ0) is 10.8. The molecule has 0 radical (unpaired) electrons. The van der Waals surface area contributed by atoms with E-state index in [-0.39, 0.29) is 0 Å². The fourth-order valence-corrected chi connectivity index (χ4v) is 1.40. The first kappa shape index (κ1) is 9.93. The van der Waals surface area contributed by atoms with Gasteiger partial charge in [-0.1, -0.05) is 11.6 Å². The Morgan fingerprint density at radius 1 is 1.33 bits per heavy atom. The maximum atomic E-state index is 7.33. The number of aryl methyl sites for hydroxylation is 1. The molecule has 76 valence electrons. The standard InChI is InChI=1S/C11H10ClN3/c1-8-6-10(2-3-11(8)12)15-5-4-9(13)7-14-15/h2-7,13H,1H3. The van der Waals surface area contributed by atoms with E-state index < -0.39 is 0 Å². The molecule has 0 unspecified atom stereocenters. The molecule has 1 aromatic heterocycles. The minimum Gasteiger partial charge on any atom is -0.299 e. The molecule has 15 heavy (non-hydrogen) atoms. The fraction of sp³-hybridized carbons (Fsp3) is 0.0909. The lowest BCUT2D eigenvalue weighted by Crippen LogP contribution is -2.06. The van der Waals surface area contributed by atoms with Crippen LogP contribution in [-0.4, -0.2) is 9.78 Å². The molecule has 0 aliphatic carbocycles. The van der Waals surface area contributed by atoms with Crippen molar-refractivity contribution in [1.82, 2.24) is 9.78 Å². The summed E-state index contributed by atoms with van der Waals surface area (Å²) in [5.41, 5.74) is 1.95. The molecule has 0 atom stereocenters. The monoisotopic (exact) mass is 219 g/mol. The smallest absolute Gasteiger partial charge is 0.0756 e. The predicted molar refractivity (Wildman–Crippen MR) is 59.2 cm³/mol. The van der Waals surface area contributed by atoms with Crippen LogP contribution in [0.3, 0.4) is 0 Å². The normalized spacial score (nSPS) is 10.3. The largest absolute Gasteiger partial charge is 0.299 e. The molecular formula is C11H10ClN3. The van der Waals surface area contributed by atoms with Crippen molar-refractivity contribution in [2.24, 2.45) is 0 Å². The first-order valence-electron chi connectivity index (χ1n) is 4.53. The fourth-order valence-electron chi connectivity index (χ4n) is 1.28. The van der Waals surface area contributed by atoms with Gasteiger partial charge in [0.1, 0.15) is 0 Å². The lowest BCUT2D eigenvalue weighted by atomic mass is 10.2. The van der Waals surface area contributed by atoms with E-state index >= 15 is 0 Å². The van der Waals surface area contributed by atoms with Crippen LogP contribution in [0.25, 0.3) is 5.69 Å². The van der Waals surface area contributed by atoms with Gasteiger partial charge in [0.25, 0.3) is 0 Å². The molecule has 2 rings (SSSR count). The maximum Gasteiger partial charge on any atom is 0.0756 e. The van der Waals surface area contributed by atoms with Crippen LogP contribution in [-0.2, 0) is 0 Å². The molecular weight excluding hydrogens is 210 g/mol. The topological polar surface area (TPSA) is 41.7 Å². The van der Waals surface area contributed by atoms with Gasteiger partial charge >= 0.3 is 0 Å². The van der Waals surface area contributed by atoms with E-state index in [4.69, 9.17) is 17.0 Å². The van der Waals surface area contributed by atoms with Crippen molar-refractivity contribution in [3.05, 3.63) is 52.6 Å². The van der Waals surface area contributed by atoms with Crippen molar-refractivity contribution in [3.63, 3.8) is 0 Å². The number of nitrogens with zero attached hydrogens (tertiary/aromatic N) is 2. The van der Waals surface area contributed by atoms with Crippen molar-refractivity contribution >= 4 is 11.6 Å². The number of halogens is 1. The van der Waals surface area contributed by atoms with Crippen molar-refractivity contribution in [2.75, 3.05) is 0 Å². The van der Waals surface area contributed by atoms with Gasteiger partial charge in [-0.2, -0.15) is 5.10 Å². The highest BCUT2D eigenvalue weighted by molar-refractivity contribution is 6.31. The Balaban J connectivity index is 2.50. The van der Waals surface area contributed by atoms with Crippen LogP contribution >= 0.6 is 11.6 Å². The second-order valence-electron chi connectivity index (χ2n) is 3.29. The van der Waals surface area contributed by atoms with E-state index in [1.165, 1.54) is 6.20 Å². The molecule has 0 amide bonds. The number of hydrogen-bond donors (Lipinski definition) is 1. The average molecular weight is 220 g/mol. The summed E-state index contributed by atoms with van der Waals surface area (Å²) in [7, 11) is 0. The molecule has 1 heterocycles. The molecule has 3 nitrogen and oxygen atoms in total. The van der Waals surface area contributed by atoms with E-state index in [0.29, 0.717) is 5.36 Å². The van der Waals surface area contributed by atoms with Gasteiger partial charge in [-0.25, -0.2) is 4.68 Å². The maximum absolute atomic E-state index is 7.33. The van der Waals surface area contributed by atoms with Crippen LogP contribution in [0.15, 0.2) is 36.7 Å². The Morgan fingerprint density at radius 3 is 2.73 bits per heavy atom. The molecule has 1 aromatic carbocycles. The van der Waals surface area contributed by atoms with Gasteiger partial charge in [0.15, 0.2) is 0 Å². The van der Waals surface area contributed by atoms with E-state index in [0.717, 1.165) is 16.3 Å². The zero-order valence-corrected chi connectivity index (χ0v) is 8.99. The summed E-state index contributed by atoms with van der Waals surface area (Å²) in [4.78, 5) is 0. The Bertz CT molecular complexity index is 525. The molecule has 0 aliphatic heterocycles. The summed E-state index contributed by atoms with van der Waals surface area (Å²) < 4.78 is 1.71. The van der Waals surface area contributed by atoms with Crippen LogP contribution < -0.4 is 5.36 Å². The van der Waals surface area contributed by atoms with Gasteiger partial charge in [-0.15, -0.1) is 0 Å². The second-order valence-corrected chi connectivity index (χ2v) is 3.70. The zero-order valence-electron chi connectivity index (χ0n) is 8.24. The third-order valence-electron chi connectivity index (χ3n) is 2.12.